The topological polar surface area (TPSA) is 51.1 Å². The Labute approximate surface area is 124 Å². The number of fused-ring (bicyclic) bond motifs is 1. The molecule has 0 saturated heterocycles. The van der Waals surface area contributed by atoms with E-state index in [4.69, 9.17) is 9.47 Å². The summed E-state index contributed by atoms with van der Waals surface area (Å²) in [5, 5.41) is 9.71. The Kier molecular flexibility index (Phi) is 3.60. The van der Waals surface area contributed by atoms with Crippen molar-refractivity contribution in [1.82, 2.24) is 0 Å². The fraction of sp³-hybridized carbons (Fsp3) is 0.133. The van der Waals surface area contributed by atoms with E-state index >= 15 is 0 Å². The Morgan fingerprint density at radius 3 is 2.90 bits per heavy atom. The lowest BCUT2D eigenvalue weighted by molar-refractivity contribution is 0.174. The summed E-state index contributed by atoms with van der Waals surface area (Å²) < 4.78 is 11.5. The molecule has 0 atom stereocenters. The van der Waals surface area contributed by atoms with Crippen LogP contribution in [0.15, 0.2) is 45.9 Å². The molecule has 0 aromatic heterocycles. The van der Waals surface area contributed by atoms with E-state index in [1.807, 2.05) is 24.3 Å². The number of aromatic hydroxyl groups is 1. The number of phenols is 1. The standard InChI is InChI=1S/C15H12BrNO3/c16-12-2-3-13(18)11(6-12)8-17-7-10-1-4-14-15(5-10)20-9-19-14/h1-6,8,18H,7,9H2. The first-order valence-corrected chi connectivity index (χ1v) is 6.88. The molecule has 5 heteroatoms. The molecule has 3 rings (SSSR count). The fourth-order valence-corrected chi connectivity index (χ4v) is 2.30. The number of hydrogen-bond acceptors (Lipinski definition) is 4. The average Bonchev–Trinajstić information content (AvgIpc) is 2.90. The van der Waals surface area contributed by atoms with Crippen LogP contribution in [-0.2, 0) is 6.54 Å². The van der Waals surface area contributed by atoms with Crippen molar-refractivity contribution in [3.63, 3.8) is 0 Å². The van der Waals surface area contributed by atoms with Crippen LogP contribution < -0.4 is 9.47 Å². The van der Waals surface area contributed by atoms with Crippen molar-refractivity contribution >= 4 is 22.1 Å². The second kappa shape index (κ2) is 5.54. The normalized spacial score (nSPS) is 13.1. The van der Waals surface area contributed by atoms with E-state index in [9.17, 15) is 5.11 Å². The maximum absolute atomic E-state index is 9.71. The SMILES string of the molecule is Oc1ccc(Br)cc1C=NCc1ccc2c(c1)OCO2. The highest BCUT2D eigenvalue weighted by Crippen LogP contribution is 2.32. The van der Waals surface area contributed by atoms with Crippen molar-refractivity contribution in [3.8, 4) is 17.2 Å². The molecule has 0 fully saturated rings. The number of phenolic OH excluding ortho intramolecular Hbond substituents is 1. The zero-order valence-corrected chi connectivity index (χ0v) is 12.1. The number of benzene rings is 2. The average molecular weight is 334 g/mol. The van der Waals surface area contributed by atoms with Gasteiger partial charge < -0.3 is 14.6 Å². The van der Waals surface area contributed by atoms with Gasteiger partial charge in [-0.3, -0.25) is 4.99 Å². The van der Waals surface area contributed by atoms with E-state index < -0.39 is 0 Å². The fourth-order valence-electron chi connectivity index (χ4n) is 1.92. The summed E-state index contributed by atoms with van der Waals surface area (Å²) >= 11 is 3.36. The van der Waals surface area contributed by atoms with Gasteiger partial charge in [-0.05, 0) is 35.9 Å². The minimum absolute atomic E-state index is 0.211. The zero-order chi connectivity index (χ0) is 13.9. The highest BCUT2D eigenvalue weighted by Gasteiger charge is 2.12. The van der Waals surface area contributed by atoms with E-state index in [-0.39, 0.29) is 12.5 Å². The predicted molar refractivity (Wildman–Crippen MR) is 79.7 cm³/mol. The third-order valence-electron chi connectivity index (χ3n) is 2.93. The Hall–Kier alpha value is -2.01. The molecule has 0 spiro atoms. The number of halogens is 1. The molecule has 1 heterocycles. The van der Waals surface area contributed by atoms with Crippen LogP contribution in [-0.4, -0.2) is 18.1 Å². The van der Waals surface area contributed by atoms with Crippen molar-refractivity contribution in [2.24, 2.45) is 4.99 Å². The molecule has 1 aliphatic heterocycles. The summed E-state index contributed by atoms with van der Waals surface area (Å²) in [5.74, 6) is 1.73. The predicted octanol–water partition coefficient (Wildman–Crippen LogP) is 3.50. The van der Waals surface area contributed by atoms with Gasteiger partial charge in [0.05, 0.1) is 6.54 Å². The van der Waals surface area contributed by atoms with Gasteiger partial charge in [0.2, 0.25) is 6.79 Å². The Morgan fingerprint density at radius 2 is 2.00 bits per heavy atom. The van der Waals surface area contributed by atoms with Crippen LogP contribution in [0.25, 0.3) is 0 Å². The van der Waals surface area contributed by atoms with E-state index in [1.165, 1.54) is 0 Å². The summed E-state index contributed by atoms with van der Waals surface area (Å²) in [4.78, 5) is 4.34. The van der Waals surface area contributed by atoms with Gasteiger partial charge >= 0.3 is 0 Å². The molecular weight excluding hydrogens is 322 g/mol. The first-order chi connectivity index (χ1) is 9.72. The van der Waals surface area contributed by atoms with Gasteiger partial charge in [0, 0.05) is 16.3 Å². The molecule has 20 heavy (non-hydrogen) atoms. The van der Waals surface area contributed by atoms with E-state index in [0.717, 1.165) is 21.5 Å². The summed E-state index contributed by atoms with van der Waals surface area (Å²) in [6, 6.07) is 11.0. The van der Waals surface area contributed by atoms with E-state index in [0.29, 0.717) is 12.1 Å². The van der Waals surface area contributed by atoms with Gasteiger partial charge in [-0.25, -0.2) is 0 Å². The molecule has 102 valence electrons. The molecule has 0 unspecified atom stereocenters. The lowest BCUT2D eigenvalue weighted by atomic mass is 10.2. The second-order valence-corrected chi connectivity index (χ2v) is 5.28. The number of ether oxygens (including phenoxy) is 2. The van der Waals surface area contributed by atoms with E-state index in [2.05, 4.69) is 20.9 Å². The lowest BCUT2D eigenvalue weighted by Gasteiger charge is -2.01. The lowest BCUT2D eigenvalue weighted by Crippen LogP contribution is -1.92. The van der Waals surface area contributed by atoms with Gasteiger partial charge in [0.15, 0.2) is 11.5 Å². The van der Waals surface area contributed by atoms with Crippen molar-refractivity contribution in [2.45, 2.75) is 6.54 Å². The van der Waals surface area contributed by atoms with Gasteiger partial charge in [-0.1, -0.05) is 22.0 Å². The Morgan fingerprint density at radius 1 is 1.15 bits per heavy atom. The van der Waals surface area contributed by atoms with Crippen LogP contribution in [0.1, 0.15) is 11.1 Å². The van der Waals surface area contributed by atoms with Crippen LogP contribution in [0, 0.1) is 0 Å². The van der Waals surface area contributed by atoms with Gasteiger partial charge in [-0.2, -0.15) is 0 Å². The number of aliphatic imine (C=N–C) groups is 1. The first-order valence-electron chi connectivity index (χ1n) is 6.09. The zero-order valence-electron chi connectivity index (χ0n) is 10.5. The molecule has 0 saturated carbocycles. The molecule has 0 radical (unpaired) electrons. The van der Waals surface area contributed by atoms with Crippen LogP contribution in [0.2, 0.25) is 0 Å². The third kappa shape index (κ3) is 2.77. The van der Waals surface area contributed by atoms with E-state index in [1.54, 1.807) is 18.3 Å². The smallest absolute Gasteiger partial charge is 0.231 e. The number of nitrogens with zero attached hydrogens (tertiary/aromatic N) is 1. The Balaban J connectivity index is 1.73. The monoisotopic (exact) mass is 333 g/mol. The van der Waals surface area contributed by atoms with Gasteiger partial charge in [-0.15, -0.1) is 0 Å². The minimum Gasteiger partial charge on any atom is -0.507 e. The highest BCUT2D eigenvalue weighted by molar-refractivity contribution is 9.10. The van der Waals surface area contributed by atoms with Crippen molar-refractivity contribution in [2.75, 3.05) is 6.79 Å². The molecule has 2 aromatic rings. The Bertz CT molecular complexity index is 670. The van der Waals surface area contributed by atoms with Crippen LogP contribution >= 0.6 is 15.9 Å². The third-order valence-corrected chi connectivity index (χ3v) is 3.42. The maximum atomic E-state index is 9.71. The minimum atomic E-state index is 0.211. The van der Waals surface area contributed by atoms with Crippen LogP contribution in [0.4, 0.5) is 0 Å². The highest BCUT2D eigenvalue weighted by atomic mass is 79.9. The number of rotatable bonds is 3. The molecule has 0 bridgehead atoms. The quantitative estimate of drug-likeness (QED) is 0.874. The molecule has 1 aliphatic rings. The maximum Gasteiger partial charge on any atom is 0.231 e. The van der Waals surface area contributed by atoms with Gasteiger partial charge in [0.25, 0.3) is 0 Å². The summed E-state index contributed by atoms with van der Waals surface area (Å²) in [7, 11) is 0. The number of hydrogen-bond donors (Lipinski definition) is 1. The summed E-state index contributed by atoms with van der Waals surface area (Å²) in [6.07, 6.45) is 1.66. The summed E-state index contributed by atoms with van der Waals surface area (Å²) in [5.41, 5.74) is 1.71. The molecule has 2 aromatic carbocycles. The largest absolute Gasteiger partial charge is 0.507 e. The van der Waals surface area contributed by atoms with Crippen LogP contribution in [0.3, 0.4) is 0 Å². The molecule has 1 N–H and O–H groups in total. The van der Waals surface area contributed by atoms with Gasteiger partial charge in [0.1, 0.15) is 5.75 Å². The van der Waals surface area contributed by atoms with Crippen molar-refractivity contribution < 1.29 is 14.6 Å². The first kappa shape index (κ1) is 13.0. The van der Waals surface area contributed by atoms with Crippen molar-refractivity contribution in [3.05, 3.63) is 52.0 Å². The van der Waals surface area contributed by atoms with Crippen LogP contribution in [0.5, 0.6) is 17.2 Å². The molecule has 0 amide bonds. The van der Waals surface area contributed by atoms with Crippen molar-refractivity contribution in [1.29, 1.82) is 0 Å². The summed E-state index contributed by atoms with van der Waals surface area (Å²) in [6.45, 7) is 0.788. The molecule has 4 nitrogen and oxygen atoms in total. The molecular formula is C15H12BrNO3. The molecule has 0 aliphatic carbocycles. The second-order valence-electron chi connectivity index (χ2n) is 4.36.